The highest BCUT2D eigenvalue weighted by atomic mass is 16.5. The first-order chi connectivity index (χ1) is 9.27. The first-order valence-corrected chi connectivity index (χ1v) is 6.11. The molecule has 5 nitrogen and oxygen atoms in total. The summed E-state index contributed by atoms with van der Waals surface area (Å²) in [4.78, 5) is 18.4. The quantitative estimate of drug-likeness (QED) is 0.895. The number of aromatic nitrogens is 2. The van der Waals surface area contributed by atoms with Gasteiger partial charge in [0.1, 0.15) is 11.4 Å². The topological polar surface area (TPSA) is 64.2 Å². The van der Waals surface area contributed by atoms with Crippen LogP contribution in [0.15, 0.2) is 35.4 Å². The van der Waals surface area contributed by atoms with E-state index in [2.05, 4.69) is 9.97 Å². The van der Waals surface area contributed by atoms with Gasteiger partial charge in [-0.1, -0.05) is 19.1 Å². The third-order valence-electron chi connectivity index (χ3n) is 2.62. The summed E-state index contributed by atoms with van der Waals surface area (Å²) in [7, 11) is 1.45. The molecule has 0 spiro atoms. The maximum Gasteiger partial charge on any atom is 0.293 e. The molecule has 1 heterocycles. The minimum Gasteiger partial charge on any atom is -0.493 e. The van der Waals surface area contributed by atoms with Crippen LogP contribution >= 0.6 is 0 Å². The molecule has 0 aliphatic heterocycles. The molecular weight excluding hydrogens is 244 g/mol. The van der Waals surface area contributed by atoms with E-state index in [0.29, 0.717) is 18.1 Å². The summed E-state index contributed by atoms with van der Waals surface area (Å²) >= 11 is 0. The Morgan fingerprint density at radius 1 is 1.32 bits per heavy atom. The standard InChI is InChI=1S/C14H16N2O3/c1-3-8-19-11-7-5-4-6-10(11)12-13(18-2)14(17)16-9-15-12/h4-7,9H,3,8H2,1-2H3,(H,15,16,17). The van der Waals surface area contributed by atoms with Gasteiger partial charge in [0.15, 0.2) is 0 Å². The molecule has 100 valence electrons. The number of hydrogen-bond acceptors (Lipinski definition) is 4. The van der Waals surface area contributed by atoms with E-state index in [-0.39, 0.29) is 11.3 Å². The molecule has 2 aromatic rings. The molecule has 0 atom stereocenters. The van der Waals surface area contributed by atoms with Crippen molar-refractivity contribution in [2.45, 2.75) is 13.3 Å². The Kier molecular flexibility index (Phi) is 4.18. The van der Waals surface area contributed by atoms with Crippen molar-refractivity contribution >= 4 is 0 Å². The number of benzene rings is 1. The van der Waals surface area contributed by atoms with Crippen LogP contribution in [0.2, 0.25) is 0 Å². The van der Waals surface area contributed by atoms with Gasteiger partial charge in [0.05, 0.1) is 20.0 Å². The Balaban J connectivity index is 2.53. The Hall–Kier alpha value is -2.30. The lowest BCUT2D eigenvalue weighted by molar-refractivity contribution is 0.318. The molecule has 0 amide bonds. The van der Waals surface area contributed by atoms with Crippen LogP contribution in [-0.4, -0.2) is 23.7 Å². The molecule has 5 heteroatoms. The zero-order valence-electron chi connectivity index (χ0n) is 11.0. The van der Waals surface area contributed by atoms with E-state index in [4.69, 9.17) is 9.47 Å². The minimum atomic E-state index is -0.308. The molecule has 19 heavy (non-hydrogen) atoms. The SMILES string of the molecule is CCCOc1ccccc1-c1nc[nH]c(=O)c1OC. The zero-order chi connectivity index (χ0) is 13.7. The summed E-state index contributed by atoms with van der Waals surface area (Å²) in [6, 6.07) is 7.47. The van der Waals surface area contributed by atoms with Gasteiger partial charge in [0.25, 0.3) is 5.56 Å². The van der Waals surface area contributed by atoms with Crippen LogP contribution in [0.1, 0.15) is 13.3 Å². The van der Waals surface area contributed by atoms with Gasteiger partial charge in [0, 0.05) is 5.56 Å². The number of para-hydroxylation sites is 1. The molecule has 0 fully saturated rings. The Morgan fingerprint density at radius 2 is 2.11 bits per heavy atom. The summed E-state index contributed by atoms with van der Waals surface area (Å²) in [5, 5.41) is 0. The molecule has 0 unspecified atom stereocenters. The molecule has 1 aromatic carbocycles. The lowest BCUT2D eigenvalue weighted by Crippen LogP contribution is -2.11. The second-order valence-electron chi connectivity index (χ2n) is 3.96. The van der Waals surface area contributed by atoms with Gasteiger partial charge >= 0.3 is 0 Å². The number of rotatable bonds is 5. The highest BCUT2D eigenvalue weighted by molar-refractivity contribution is 5.71. The summed E-state index contributed by atoms with van der Waals surface area (Å²) in [6.45, 7) is 2.65. The van der Waals surface area contributed by atoms with Crippen molar-refractivity contribution in [3.8, 4) is 22.8 Å². The largest absolute Gasteiger partial charge is 0.493 e. The first-order valence-electron chi connectivity index (χ1n) is 6.11. The molecule has 0 radical (unpaired) electrons. The highest BCUT2D eigenvalue weighted by Gasteiger charge is 2.15. The summed E-state index contributed by atoms with van der Waals surface area (Å²) in [5.74, 6) is 0.885. The zero-order valence-corrected chi connectivity index (χ0v) is 11.0. The molecule has 0 saturated carbocycles. The predicted octanol–water partition coefficient (Wildman–Crippen LogP) is 2.23. The van der Waals surface area contributed by atoms with Gasteiger partial charge in [-0.2, -0.15) is 0 Å². The summed E-state index contributed by atoms with van der Waals surface area (Å²) < 4.78 is 10.8. The molecular formula is C14H16N2O3. The number of nitrogens with zero attached hydrogens (tertiary/aromatic N) is 1. The van der Waals surface area contributed by atoms with Crippen molar-refractivity contribution < 1.29 is 9.47 Å². The van der Waals surface area contributed by atoms with E-state index in [1.165, 1.54) is 13.4 Å². The van der Waals surface area contributed by atoms with Gasteiger partial charge in [-0.05, 0) is 18.6 Å². The Morgan fingerprint density at radius 3 is 2.84 bits per heavy atom. The Labute approximate surface area is 111 Å². The normalized spacial score (nSPS) is 10.2. The van der Waals surface area contributed by atoms with Crippen LogP contribution in [0, 0.1) is 0 Å². The number of hydrogen-bond donors (Lipinski definition) is 1. The smallest absolute Gasteiger partial charge is 0.293 e. The second-order valence-corrected chi connectivity index (χ2v) is 3.96. The van der Waals surface area contributed by atoms with Crippen molar-refractivity contribution in [2.24, 2.45) is 0 Å². The second kappa shape index (κ2) is 6.04. The van der Waals surface area contributed by atoms with Crippen LogP contribution in [0.5, 0.6) is 11.5 Å². The van der Waals surface area contributed by atoms with Gasteiger partial charge in [0.2, 0.25) is 5.75 Å². The van der Waals surface area contributed by atoms with Gasteiger partial charge in [-0.3, -0.25) is 4.79 Å². The average molecular weight is 260 g/mol. The van der Waals surface area contributed by atoms with Crippen molar-refractivity contribution in [3.05, 3.63) is 40.9 Å². The van der Waals surface area contributed by atoms with Crippen LogP contribution in [0.3, 0.4) is 0 Å². The van der Waals surface area contributed by atoms with Crippen molar-refractivity contribution in [2.75, 3.05) is 13.7 Å². The molecule has 0 saturated heterocycles. The molecule has 0 aliphatic rings. The predicted molar refractivity (Wildman–Crippen MR) is 72.6 cm³/mol. The maximum atomic E-state index is 11.7. The van der Waals surface area contributed by atoms with Crippen LogP contribution in [0.25, 0.3) is 11.3 Å². The lowest BCUT2D eigenvalue weighted by atomic mass is 10.1. The number of aromatic amines is 1. The minimum absolute atomic E-state index is 0.190. The molecule has 1 N–H and O–H groups in total. The summed E-state index contributed by atoms with van der Waals surface area (Å²) in [6.07, 6.45) is 2.27. The monoisotopic (exact) mass is 260 g/mol. The third-order valence-corrected chi connectivity index (χ3v) is 2.62. The maximum absolute atomic E-state index is 11.7. The van der Waals surface area contributed by atoms with Gasteiger partial charge in [-0.15, -0.1) is 0 Å². The van der Waals surface area contributed by atoms with Crippen molar-refractivity contribution in [1.82, 2.24) is 9.97 Å². The fraction of sp³-hybridized carbons (Fsp3) is 0.286. The average Bonchev–Trinajstić information content (AvgIpc) is 2.45. The van der Waals surface area contributed by atoms with Crippen LogP contribution in [0.4, 0.5) is 0 Å². The van der Waals surface area contributed by atoms with Crippen molar-refractivity contribution in [3.63, 3.8) is 0 Å². The van der Waals surface area contributed by atoms with Crippen molar-refractivity contribution in [1.29, 1.82) is 0 Å². The number of nitrogens with one attached hydrogen (secondary N) is 1. The molecule has 0 bridgehead atoms. The molecule has 1 aromatic heterocycles. The van der Waals surface area contributed by atoms with Gasteiger partial charge in [-0.25, -0.2) is 4.98 Å². The van der Waals surface area contributed by atoms with E-state index >= 15 is 0 Å². The number of H-pyrrole nitrogens is 1. The third kappa shape index (κ3) is 2.76. The van der Waals surface area contributed by atoms with E-state index < -0.39 is 0 Å². The molecule has 0 aliphatic carbocycles. The van der Waals surface area contributed by atoms with Gasteiger partial charge < -0.3 is 14.5 Å². The fourth-order valence-electron chi connectivity index (χ4n) is 1.77. The van der Waals surface area contributed by atoms with E-state index in [1.807, 2.05) is 31.2 Å². The number of ether oxygens (including phenoxy) is 2. The van der Waals surface area contributed by atoms with Crippen LogP contribution < -0.4 is 15.0 Å². The van der Waals surface area contributed by atoms with E-state index in [0.717, 1.165) is 12.0 Å². The van der Waals surface area contributed by atoms with E-state index in [9.17, 15) is 4.79 Å². The van der Waals surface area contributed by atoms with E-state index in [1.54, 1.807) is 0 Å². The highest BCUT2D eigenvalue weighted by Crippen LogP contribution is 2.32. The van der Waals surface area contributed by atoms with Crippen LogP contribution in [-0.2, 0) is 0 Å². The first kappa shape index (κ1) is 13.1. The summed E-state index contributed by atoms with van der Waals surface area (Å²) in [5.41, 5.74) is 0.926. The molecule has 2 rings (SSSR count). The lowest BCUT2D eigenvalue weighted by Gasteiger charge is -2.11. The fourth-order valence-corrected chi connectivity index (χ4v) is 1.77. The Bertz CT molecular complexity index is 608. The number of methoxy groups -OCH3 is 1.